The Labute approximate surface area is 118 Å². The molecule has 0 saturated carbocycles. The molecule has 21 heavy (non-hydrogen) atoms. The lowest BCUT2D eigenvalue weighted by molar-refractivity contribution is -0.151. The number of nitrogens with zero attached hydrogens (tertiary/aromatic N) is 1. The molecule has 6 nitrogen and oxygen atoms in total. The zero-order valence-electron chi connectivity index (χ0n) is 10.8. The summed E-state index contributed by atoms with van der Waals surface area (Å²) in [5.74, 6) is -5.93. The van der Waals surface area contributed by atoms with Gasteiger partial charge in [-0.3, -0.25) is 9.59 Å². The van der Waals surface area contributed by atoms with Gasteiger partial charge in [0.2, 0.25) is 0 Å². The molecule has 0 radical (unpaired) electrons. The van der Waals surface area contributed by atoms with E-state index in [1.807, 2.05) is 5.32 Å². The van der Waals surface area contributed by atoms with Gasteiger partial charge in [-0.15, -0.1) is 0 Å². The van der Waals surface area contributed by atoms with Gasteiger partial charge in [0.1, 0.15) is 6.04 Å². The lowest BCUT2D eigenvalue weighted by Gasteiger charge is -2.20. The van der Waals surface area contributed by atoms with Crippen molar-refractivity contribution in [1.82, 2.24) is 4.90 Å². The Morgan fingerprint density at radius 1 is 1.29 bits per heavy atom. The van der Waals surface area contributed by atoms with Gasteiger partial charge in [0.25, 0.3) is 0 Å². The minimum absolute atomic E-state index is 0.134. The van der Waals surface area contributed by atoms with Gasteiger partial charge in [-0.25, -0.2) is 13.6 Å². The van der Waals surface area contributed by atoms with Crippen molar-refractivity contribution in [2.24, 2.45) is 0 Å². The first-order chi connectivity index (χ1) is 9.91. The van der Waals surface area contributed by atoms with E-state index < -0.39 is 41.1 Å². The second-order valence-electron chi connectivity index (χ2n) is 4.55. The number of carbonyl (C=O) groups excluding carboxylic acids is 2. The fraction of sp³-hybridized carbons (Fsp3) is 0.308. The van der Waals surface area contributed by atoms with Crippen LogP contribution in [0.5, 0.6) is 0 Å². The number of likely N-dealkylation sites (tertiary alicyclic amines) is 1. The van der Waals surface area contributed by atoms with Crippen LogP contribution in [0.3, 0.4) is 0 Å². The largest absolute Gasteiger partial charge is 0.480 e. The molecule has 1 aliphatic heterocycles. The molecule has 1 atom stereocenters. The van der Waals surface area contributed by atoms with Gasteiger partial charge < -0.3 is 15.3 Å². The lowest BCUT2D eigenvalue weighted by atomic mass is 10.2. The molecule has 1 aromatic rings. The van der Waals surface area contributed by atoms with Gasteiger partial charge >= 0.3 is 17.8 Å². The molecule has 2 rings (SSSR count). The van der Waals surface area contributed by atoms with E-state index in [1.165, 1.54) is 6.07 Å². The highest BCUT2D eigenvalue weighted by Crippen LogP contribution is 2.19. The summed E-state index contributed by atoms with van der Waals surface area (Å²) in [5, 5.41) is 10.9. The van der Waals surface area contributed by atoms with Crippen molar-refractivity contribution in [2.75, 3.05) is 11.9 Å². The number of anilines is 1. The van der Waals surface area contributed by atoms with Crippen LogP contribution in [0.4, 0.5) is 14.5 Å². The Morgan fingerprint density at radius 2 is 2.00 bits per heavy atom. The lowest BCUT2D eigenvalue weighted by Crippen LogP contribution is -2.45. The third-order valence-electron chi connectivity index (χ3n) is 3.19. The molecule has 2 amide bonds. The third-order valence-corrected chi connectivity index (χ3v) is 3.19. The highest BCUT2D eigenvalue weighted by Gasteiger charge is 2.37. The molecule has 8 heteroatoms. The molecule has 1 aromatic carbocycles. The minimum atomic E-state index is -1.28. The van der Waals surface area contributed by atoms with E-state index in [0.29, 0.717) is 6.42 Å². The third kappa shape index (κ3) is 2.99. The number of hydrogen-bond donors (Lipinski definition) is 2. The summed E-state index contributed by atoms with van der Waals surface area (Å²) >= 11 is 0. The smallest absolute Gasteiger partial charge is 0.326 e. The van der Waals surface area contributed by atoms with Crippen LogP contribution in [0, 0.1) is 11.6 Å². The van der Waals surface area contributed by atoms with Gasteiger partial charge in [-0.1, -0.05) is 6.07 Å². The van der Waals surface area contributed by atoms with Gasteiger partial charge in [0.05, 0.1) is 5.69 Å². The normalized spacial score (nSPS) is 17.6. The topological polar surface area (TPSA) is 86.7 Å². The molecule has 1 aliphatic rings. The van der Waals surface area contributed by atoms with Crippen LogP contribution in [0.2, 0.25) is 0 Å². The maximum absolute atomic E-state index is 13.4. The van der Waals surface area contributed by atoms with Crippen molar-refractivity contribution >= 4 is 23.5 Å². The van der Waals surface area contributed by atoms with E-state index in [1.54, 1.807) is 0 Å². The summed E-state index contributed by atoms with van der Waals surface area (Å²) in [7, 11) is 0. The van der Waals surface area contributed by atoms with Gasteiger partial charge in [0.15, 0.2) is 11.6 Å². The fourth-order valence-electron chi connectivity index (χ4n) is 2.17. The molecule has 1 unspecified atom stereocenters. The first-order valence-corrected chi connectivity index (χ1v) is 6.20. The summed E-state index contributed by atoms with van der Waals surface area (Å²) in [5.41, 5.74) is -0.473. The standard InChI is InChI=1S/C13H12F2N2O4/c14-7-3-1-4-8(10(7)15)16-11(18)12(19)17-6-2-5-9(17)13(20)21/h1,3-4,9H,2,5-6H2,(H,16,18)(H,20,21). The zero-order valence-corrected chi connectivity index (χ0v) is 10.8. The molecule has 112 valence electrons. The van der Waals surface area contributed by atoms with Crippen LogP contribution >= 0.6 is 0 Å². The van der Waals surface area contributed by atoms with Crippen molar-refractivity contribution in [1.29, 1.82) is 0 Å². The predicted octanol–water partition coefficient (Wildman–Crippen LogP) is 0.979. The molecule has 1 saturated heterocycles. The van der Waals surface area contributed by atoms with Crippen LogP contribution in [-0.4, -0.2) is 40.4 Å². The summed E-state index contributed by atoms with van der Waals surface area (Å²) in [6.45, 7) is 0.134. The summed E-state index contributed by atoms with van der Waals surface area (Å²) in [4.78, 5) is 35.5. The molecule has 2 N–H and O–H groups in total. The Kier molecular flexibility index (Phi) is 4.15. The number of carboxylic acids is 1. The second kappa shape index (κ2) is 5.86. The highest BCUT2D eigenvalue weighted by atomic mass is 19.2. The number of halogens is 2. The molecular weight excluding hydrogens is 286 g/mol. The first-order valence-electron chi connectivity index (χ1n) is 6.20. The maximum Gasteiger partial charge on any atom is 0.326 e. The van der Waals surface area contributed by atoms with E-state index in [2.05, 4.69) is 0 Å². The average Bonchev–Trinajstić information content (AvgIpc) is 2.92. The van der Waals surface area contributed by atoms with E-state index in [-0.39, 0.29) is 13.0 Å². The Hall–Kier alpha value is -2.51. The number of nitrogens with one attached hydrogen (secondary N) is 1. The second-order valence-corrected chi connectivity index (χ2v) is 4.55. The number of carbonyl (C=O) groups is 3. The highest BCUT2D eigenvalue weighted by molar-refractivity contribution is 6.39. The number of aliphatic carboxylic acids is 1. The fourth-order valence-corrected chi connectivity index (χ4v) is 2.17. The SMILES string of the molecule is O=C(Nc1cccc(F)c1F)C(=O)N1CCCC1C(=O)O. The number of carboxylic acid groups (broad SMARTS) is 1. The molecule has 1 heterocycles. The van der Waals surface area contributed by atoms with E-state index in [9.17, 15) is 23.2 Å². The maximum atomic E-state index is 13.4. The quantitative estimate of drug-likeness (QED) is 0.797. The van der Waals surface area contributed by atoms with E-state index >= 15 is 0 Å². The first kappa shape index (κ1) is 14.9. The molecular formula is C13H12F2N2O4. The molecule has 0 aliphatic carbocycles. The number of amides is 2. The van der Waals surface area contributed by atoms with Crippen molar-refractivity contribution in [3.8, 4) is 0 Å². The van der Waals surface area contributed by atoms with Crippen LogP contribution in [0.1, 0.15) is 12.8 Å². The van der Waals surface area contributed by atoms with Crippen molar-refractivity contribution < 1.29 is 28.3 Å². The number of benzene rings is 1. The summed E-state index contributed by atoms with van der Waals surface area (Å²) in [6.07, 6.45) is 0.715. The summed E-state index contributed by atoms with van der Waals surface area (Å²) < 4.78 is 26.4. The zero-order chi connectivity index (χ0) is 15.6. The van der Waals surface area contributed by atoms with Gasteiger partial charge in [0, 0.05) is 6.54 Å². The Balaban J connectivity index is 2.11. The van der Waals surface area contributed by atoms with Gasteiger partial charge in [-0.2, -0.15) is 0 Å². The Bertz CT molecular complexity index is 606. The number of rotatable bonds is 2. The van der Waals surface area contributed by atoms with Crippen LogP contribution in [0.15, 0.2) is 18.2 Å². The number of hydrogen-bond acceptors (Lipinski definition) is 3. The minimum Gasteiger partial charge on any atom is -0.480 e. The average molecular weight is 298 g/mol. The van der Waals surface area contributed by atoms with Crippen molar-refractivity contribution in [3.63, 3.8) is 0 Å². The predicted molar refractivity (Wildman–Crippen MR) is 67.4 cm³/mol. The molecule has 0 aromatic heterocycles. The van der Waals surface area contributed by atoms with Crippen LogP contribution in [-0.2, 0) is 14.4 Å². The van der Waals surface area contributed by atoms with Gasteiger partial charge in [-0.05, 0) is 25.0 Å². The molecule has 0 bridgehead atoms. The van der Waals surface area contributed by atoms with Crippen molar-refractivity contribution in [3.05, 3.63) is 29.8 Å². The van der Waals surface area contributed by atoms with Crippen LogP contribution < -0.4 is 5.32 Å². The van der Waals surface area contributed by atoms with E-state index in [4.69, 9.17) is 5.11 Å². The molecule has 1 fully saturated rings. The summed E-state index contributed by atoms with van der Waals surface area (Å²) in [6, 6.07) is 2.07. The van der Waals surface area contributed by atoms with Crippen LogP contribution in [0.25, 0.3) is 0 Å². The Morgan fingerprint density at radius 3 is 2.67 bits per heavy atom. The monoisotopic (exact) mass is 298 g/mol. The van der Waals surface area contributed by atoms with Crippen molar-refractivity contribution in [2.45, 2.75) is 18.9 Å². The van der Waals surface area contributed by atoms with E-state index in [0.717, 1.165) is 17.0 Å². The molecule has 0 spiro atoms.